The first-order valence-electron chi connectivity index (χ1n) is 7.46. The number of likely N-dealkylation sites (tertiary alicyclic amines) is 1. The van der Waals surface area contributed by atoms with E-state index in [1.807, 2.05) is 0 Å². The average Bonchev–Trinajstić information content (AvgIpc) is 2.50. The zero-order valence-electron chi connectivity index (χ0n) is 12.6. The lowest BCUT2D eigenvalue weighted by molar-refractivity contribution is 0.0558. The Hall–Kier alpha value is -1.65. The Labute approximate surface area is 124 Å². The van der Waals surface area contributed by atoms with Crippen molar-refractivity contribution in [3.8, 4) is 0 Å². The Kier molecular flexibility index (Phi) is 4.49. The maximum Gasteiger partial charge on any atom is 0.256 e. The van der Waals surface area contributed by atoms with Crippen molar-refractivity contribution in [2.75, 3.05) is 18.8 Å². The third-order valence-electron chi connectivity index (χ3n) is 4.93. The van der Waals surface area contributed by atoms with E-state index in [-0.39, 0.29) is 17.2 Å². The lowest BCUT2D eigenvalue weighted by Gasteiger charge is -2.41. The van der Waals surface area contributed by atoms with Crippen LogP contribution >= 0.6 is 0 Å². The van der Waals surface area contributed by atoms with Crippen molar-refractivity contribution in [2.24, 2.45) is 5.41 Å². The van der Waals surface area contributed by atoms with Gasteiger partial charge in [-0.15, -0.1) is 0 Å². The molecule has 1 fully saturated rings. The van der Waals surface area contributed by atoms with Gasteiger partial charge in [0.2, 0.25) is 0 Å². The van der Waals surface area contributed by atoms with Gasteiger partial charge in [-0.05, 0) is 24.3 Å². The third-order valence-corrected chi connectivity index (χ3v) is 4.93. The molecule has 0 radical (unpaired) electrons. The van der Waals surface area contributed by atoms with Gasteiger partial charge in [-0.3, -0.25) is 4.79 Å². The Morgan fingerprint density at radius 1 is 1.19 bits per heavy atom. The summed E-state index contributed by atoms with van der Waals surface area (Å²) in [5.41, 5.74) is 5.99. The highest BCUT2D eigenvalue weighted by Crippen LogP contribution is 2.38. The van der Waals surface area contributed by atoms with Crippen molar-refractivity contribution in [3.05, 3.63) is 29.3 Å². The van der Waals surface area contributed by atoms with Gasteiger partial charge in [0.15, 0.2) is 11.6 Å². The second-order valence-corrected chi connectivity index (χ2v) is 5.85. The summed E-state index contributed by atoms with van der Waals surface area (Å²) in [5.74, 6) is -2.38. The maximum atomic E-state index is 13.3. The van der Waals surface area contributed by atoms with E-state index in [0.29, 0.717) is 18.5 Å². The van der Waals surface area contributed by atoms with E-state index in [2.05, 4.69) is 13.8 Å². The van der Waals surface area contributed by atoms with E-state index in [1.54, 1.807) is 4.90 Å². The summed E-state index contributed by atoms with van der Waals surface area (Å²) in [6.07, 6.45) is 4.07. The van der Waals surface area contributed by atoms with Crippen LogP contribution in [-0.4, -0.2) is 23.9 Å². The van der Waals surface area contributed by atoms with Gasteiger partial charge in [0.05, 0.1) is 5.56 Å². The molecule has 0 unspecified atom stereocenters. The Bertz CT molecular complexity index is 531. The highest BCUT2D eigenvalue weighted by Gasteiger charge is 2.33. The van der Waals surface area contributed by atoms with Crippen LogP contribution in [0.25, 0.3) is 0 Å². The first kappa shape index (κ1) is 15.7. The molecule has 21 heavy (non-hydrogen) atoms. The fourth-order valence-corrected chi connectivity index (χ4v) is 3.06. The third kappa shape index (κ3) is 3.01. The smallest absolute Gasteiger partial charge is 0.256 e. The lowest BCUT2D eigenvalue weighted by atomic mass is 9.74. The zero-order chi connectivity index (χ0) is 15.6. The van der Waals surface area contributed by atoms with Crippen LogP contribution in [0.3, 0.4) is 0 Å². The lowest BCUT2D eigenvalue weighted by Crippen LogP contribution is -2.43. The second kappa shape index (κ2) is 6.00. The first-order valence-corrected chi connectivity index (χ1v) is 7.46. The molecule has 0 saturated carbocycles. The van der Waals surface area contributed by atoms with Crippen molar-refractivity contribution in [1.29, 1.82) is 0 Å². The molecule has 1 saturated heterocycles. The van der Waals surface area contributed by atoms with Crippen LogP contribution < -0.4 is 5.73 Å². The fourth-order valence-electron chi connectivity index (χ4n) is 3.06. The second-order valence-electron chi connectivity index (χ2n) is 5.85. The highest BCUT2D eigenvalue weighted by molar-refractivity contribution is 5.99. The number of carbonyl (C=O) groups excluding carboxylic acids is 1. The maximum absolute atomic E-state index is 13.3. The molecule has 1 amide bonds. The summed E-state index contributed by atoms with van der Waals surface area (Å²) in [7, 11) is 0. The number of hydrogen-bond donors (Lipinski definition) is 1. The molecule has 1 aromatic carbocycles. The molecule has 2 rings (SSSR count). The number of nitrogens with two attached hydrogens (primary N) is 1. The number of carbonyl (C=O) groups is 1. The molecule has 2 N–H and O–H groups in total. The average molecular weight is 296 g/mol. The molecule has 5 heteroatoms. The number of hydrogen-bond acceptors (Lipinski definition) is 2. The largest absolute Gasteiger partial charge is 0.398 e. The standard InChI is InChI=1S/C16H22F2N2O/c1-3-16(4-2)5-7-20(8-6-16)15(21)11-9-12(17)13(18)10-14(11)19/h9-10H,3-8,19H2,1-2H3. The van der Waals surface area contributed by atoms with Crippen molar-refractivity contribution >= 4 is 11.6 Å². The van der Waals surface area contributed by atoms with E-state index < -0.39 is 11.6 Å². The van der Waals surface area contributed by atoms with E-state index in [0.717, 1.165) is 37.8 Å². The Morgan fingerprint density at radius 2 is 1.71 bits per heavy atom. The van der Waals surface area contributed by atoms with Gasteiger partial charge >= 0.3 is 0 Å². The molecular weight excluding hydrogens is 274 g/mol. The molecule has 0 bridgehead atoms. The summed E-state index contributed by atoms with van der Waals surface area (Å²) in [6.45, 7) is 5.63. The monoisotopic (exact) mass is 296 g/mol. The van der Waals surface area contributed by atoms with Gasteiger partial charge < -0.3 is 10.6 Å². The molecule has 1 aliphatic rings. The summed E-state index contributed by atoms with van der Waals surface area (Å²) in [4.78, 5) is 14.1. The van der Waals surface area contributed by atoms with E-state index in [4.69, 9.17) is 5.73 Å². The normalized spacial score (nSPS) is 17.8. The molecule has 0 spiro atoms. The molecule has 0 atom stereocenters. The minimum atomic E-state index is -1.04. The molecule has 3 nitrogen and oxygen atoms in total. The summed E-state index contributed by atoms with van der Waals surface area (Å²) in [6, 6.07) is 1.77. The first-order chi connectivity index (χ1) is 9.92. The predicted molar refractivity (Wildman–Crippen MR) is 78.9 cm³/mol. The topological polar surface area (TPSA) is 46.3 Å². The minimum Gasteiger partial charge on any atom is -0.398 e. The fraction of sp³-hybridized carbons (Fsp3) is 0.562. The minimum absolute atomic E-state index is 0.0123. The molecular formula is C16H22F2N2O. The SMILES string of the molecule is CCC1(CC)CCN(C(=O)c2cc(F)c(F)cc2N)CC1. The molecule has 0 aromatic heterocycles. The number of halogens is 2. The summed E-state index contributed by atoms with van der Waals surface area (Å²) in [5, 5.41) is 0. The molecule has 1 heterocycles. The van der Waals surface area contributed by atoms with Gasteiger partial charge in [0, 0.05) is 24.8 Å². The predicted octanol–water partition coefficient (Wildman–Crippen LogP) is 3.59. The van der Waals surface area contributed by atoms with Crippen LogP contribution in [0.1, 0.15) is 49.9 Å². The van der Waals surface area contributed by atoms with Gasteiger partial charge in [-0.2, -0.15) is 0 Å². The number of piperidine rings is 1. The highest BCUT2D eigenvalue weighted by atomic mass is 19.2. The van der Waals surface area contributed by atoms with Crippen LogP contribution in [0.5, 0.6) is 0 Å². The van der Waals surface area contributed by atoms with Crippen LogP contribution in [0.2, 0.25) is 0 Å². The zero-order valence-corrected chi connectivity index (χ0v) is 12.6. The molecule has 1 aromatic rings. The van der Waals surface area contributed by atoms with Crippen LogP contribution in [0.4, 0.5) is 14.5 Å². The molecule has 116 valence electrons. The van der Waals surface area contributed by atoms with Gasteiger partial charge in [-0.1, -0.05) is 26.7 Å². The summed E-state index contributed by atoms with van der Waals surface area (Å²) < 4.78 is 26.4. The van der Waals surface area contributed by atoms with Crippen LogP contribution in [0, 0.1) is 17.0 Å². The Balaban J connectivity index is 2.14. The number of benzene rings is 1. The van der Waals surface area contributed by atoms with Crippen molar-refractivity contribution < 1.29 is 13.6 Å². The van der Waals surface area contributed by atoms with Gasteiger partial charge in [0.25, 0.3) is 5.91 Å². The number of amides is 1. The van der Waals surface area contributed by atoms with E-state index in [1.165, 1.54) is 0 Å². The number of rotatable bonds is 3. The van der Waals surface area contributed by atoms with E-state index in [9.17, 15) is 13.6 Å². The van der Waals surface area contributed by atoms with Crippen LogP contribution in [0.15, 0.2) is 12.1 Å². The number of nitrogens with zero attached hydrogens (tertiary/aromatic N) is 1. The van der Waals surface area contributed by atoms with E-state index >= 15 is 0 Å². The van der Waals surface area contributed by atoms with Gasteiger partial charge in [-0.25, -0.2) is 8.78 Å². The van der Waals surface area contributed by atoms with Crippen molar-refractivity contribution in [1.82, 2.24) is 4.90 Å². The molecule has 1 aliphatic heterocycles. The molecule has 0 aliphatic carbocycles. The number of anilines is 1. The van der Waals surface area contributed by atoms with Crippen molar-refractivity contribution in [3.63, 3.8) is 0 Å². The quantitative estimate of drug-likeness (QED) is 0.866. The van der Waals surface area contributed by atoms with Crippen molar-refractivity contribution in [2.45, 2.75) is 39.5 Å². The number of nitrogen functional groups attached to an aromatic ring is 1. The summed E-state index contributed by atoms with van der Waals surface area (Å²) >= 11 is 0. The van der Waals surface area contributed by atoms with Gasteiger partial charge in [0.1, 0.15) is 0 Å². The Morgan fingerprint density at radius 3 is 2.24 bits per heavy atom. The van der Waals surface area contributed by atoms with Crippen LogP contribution in [-0.2, 0) is 0 Å².